The number of benzene rings is 1. The zero-order valence-electron chi connectivity index (χ0n) is 10.2. The number of nitrogens with one attached hydrogen (secondary N) is 1. The van der Waals surface area contributed by atoms with Gasteiger partial charge in [-0.3, -0.25) is 0 Å². The molecule has 0 aliphatic heterocycles. The van der Waals surface area contributed by atoms with E-state index in [4.69, 9.17) is 11.0 Å². The smallest absolute Gasteiger partial charge is 0.368 e. The van der Waals surface area contributed by atoms with Gasteiger partial charge in [0.2, 0.25) is 5.95 Å². The van der Waals surface area contributed by atoms with Crippen LogP contribution in [-0.4, -0.2) is 9.97 Å². The highest BCUT2D eigenvalue weighted by atomic mass is 19.4. The molecular weight excluding hydrogens is 290 g/mol. The summed E-state index contributed by atoms with van der Waals surface area (Å²) in [6, 6.07) is 5.56. The maximum absolute atomic E-state index is 13.0. The number of nitrogen functional groups attached to an aromatic ring is 1. The van der Waals surface area contributed by atoms with Crippen LogP contribution in [0.2, 0.25) is 0 Å². The molecule has 2 rings (SSSR count). The van der Waals surface area contributed by atoms with Crippen molar-refractivity contribution in [3.05, 3.63) is 41.3 Å². The van der Waals surface area contributed by atoms with E-state index in [1.54, 1.807) is 6.07 Å². The lowest BCUT2D eigenvalue weighted by molar-refractivity contribution is -0.141. The zero-order valence-corrected chi connectivity index (χ0v) is 10.2. The summed E-state index contributed by atoms with van der Waals surface area (Å²) < 4.78 is 50.8. The number of hydrogen-bond acceptors (Lipinski definition) is 5. The van der Waals surface area contributed by atoms with Crippen LogP contribution in [0.1, 0.15) is 11.3 Å². The number of rotatable bonds is 2. The summed E-state index contributed by atoms with van der Waals surface area (Å²) in [5, 5.41) is 11.3. The van der Waals surface area contributed by atoms with Crippen LogP contribution in [0.25, 0.3) is 0 Å². The molecule has 9 heteroatoms. The monoisotopic (exact) mass is 297 g/mol. The van der Waals surface area contributed by atoms with E-state index in [0.29, 0.717) is 6.07 Å². The third-order valence-electron chi connectivity index (χ3n) is 2.40. The number of hydrogen-bond donors (Lipinski definition) is 2. The molecule has 0 aliphatic carbocycles. The van der Waals surface area contributed by atoms with Gasteiger partial charge in [0.05, 0.1) is 11.3 Å². The topological polar surface area (TPSA) is 87.6 Å². The molecule has 0 atom stereocenters. The minimum Gasteiger partial charge on any atom is -0.368 e. The largest absolute Gasteiger partial charge is 0.433 e. The van der Waals surface area contributed by atoms with Gasteiger partial charge in [-0.1, -0.05) is 0 Å². The van der Waals surface area contributed by atoms with E-state index >= 15 is 0 Å². The molecule has 2 aromatic rings. The van der Waals surface area contributed by atoms with Gasteiger partial charge in [0.25, 0.3) is 0 Å². The normalized spacial score (nSPS) is 11.0. The Labute approximate surface area is 116 Å². The summed E-state index contributed by atoms with van der Waals surface area (Å²) in [4.78, 5) is 6.67. The molecule has 3 N–H and O–H groups in total. The van der Waals surface area contributed by atoms with Crippen molar-refractivity contribution in [2.45, 2.75) is 6.18 Å². The second-order valence-electron chi connectivity index (χ2n) is 3.92. The third kappa shape index (κ3) is 3.36. The van der Waals surface area contributed by atoms with E-state index in [1.165, 1.54) is 6.07 Å². The zero-order chi connectivity index (χ0) is 15.6. The first-order chi connectivity index (χ1) is 9.79. The van der Waals surface area contributed by atoms with Gasteiger partial charge in [0, 0.05) is 6.07 Å². The average molecular weight is 297 g/mol. The molecule has 21 heavy (non-hydrogen) atoms. The Balaban J connectivity index is 2.41. The van der Waals surface area contributed by atoms with Crippen LogP contribution in [0.5, 0.6) is 0 Å². The van der Waals surface area contributed by atoms with Crippen LogP contribution < -0.4 is 11.1 Å². The number of alkyl halides is 3. The van der Waals surface area contributed by atoms with Crippen LogP contribution in [0.4, 0.5) is 35.0 Å². The molecule has 0 saturated heterocycles. The molecule has 0 fully saturated rings. The lowest BCUT2D eigenvalue weighted by Crippen LogP contribution is -2.12. The fourth-order valence-corrected chi connectivity index (χ4v) is 1.53. The number of anilines is 3. The van der Waals surface area contributed by atoms with E-state index in [2.05, 4.69) is 15.3 Å². The van der Waals surface area contributed by atoms with Crippen molar-refractivity contribution in [3.8, 4) is 6.07 Å². The number of nitriles is 1. The van der Waals surface area contributed by atoms with E-state index in [1.807, 2.05) is 0 Å². The SMILES string of the molecule is N#Cc1cc(F)ccc1Nc1cc(C(F)(F)F)nc(N)n1. The highest BCUT2D eigenvalue weighted by molar-refractivity contribution is 5.65. The summed E-state index contributed by atoms with van der Waals surface area (Å²) in [6.07, 6.45) is -4.69. The number of nitrogens with two attached hydrogens (primary N) is 1. The Morgan fingerprint density at radius 1 is 1.19 bits per heavy atom. The quantitative estimate of drug-likeness (QED) is 0.832. The average Bonchev–Trinajstić information content (AvgIpc) is 2.39. The Kier molecular flexibility index (Phi) is 3.62. The van der Waals surface area contributed by atoms with Gasteiger partial charge in [0.1, 0.15) is 17.7 Å². The lowest BCUT2D eigenvalue weighted by Gasteiger charge is -2.11. The maximum Gasteiger partial charge on any atom is 0.433 e. The Morgan fingerprint density at radius 3 is 2.52 bits per heavy atom. The highest BCUT2D eigenvalue weighted by Crippen LogP contribution is 2.30. The molecular formula is C12H7F4N5. The third-order valence-corrected chi connectivity index (χ3v) is 2.40. The highest BCUT2D eigenvalue weighted by Gasteiger charge is 2.33. The minimum atomic E-state index is -4.69. The predicted octanol–water partition coefficient (Wildman–Crippen LogP) is 2.83. The fraction of sp³-hybridized carbons (Fsp3) is 0.0833. The van der Waals surface area contributed by atoms with E-state index in [0.717, 1.165) is 12.1 Å². The van der Waals surface area contributed by atoms with Gasteiger partial charge >= 0.3 is 6.18 Å². The van der Waals surface area contributed by atoms with Gasteiger partial charge < -0.3 is 11.1 Å². The van der Waals surface area contributed by atoms with E-state index < -0.39 is 23.6 Å². The second-order valence-corrected chi connectivity index (χ2v) is 3.92. The molecule has 0 aliphatic rings. The van der Waals surface area contributed by atoms with Crippen molar-refractivity contribution in [2.24, 2.45) is 0 Å². The van der Waals surface area contributed by atoms with Gasteiger partial charge in [0.15, 0.2) is 5.69 Å². The van der Waals surface area contributed by atoms with Gasteiger partial charge in [-0.05, 0) is 18.2 Å². The molecule has 0 unspecified atom stereocenters. The molecule has 0 spiro atoms. The van der Waals surface area contributed by atoms with Crippen molar-refractivity contribution >= 4 is 17.5 Å². The van der Waals surface area contributed by atoms with Crippen molar-refractivity contribution in [1.29, 1.82) is 5.26 Å². The number of halogens is 4. The van der Waals surface area contributed by atoms with Crippen molar-refractivity contribution in [1.82, 2.24) is 9.97 Å². The summed E-state index contributed by atoms with van der Waals surface area (Å²) in [7, 11) is 0. The van der Waals surface area contributed by atoms with E-state index in [9.17, 15) is 17.6 Å². The first-order valence-electron chi connectivity index (χ1n) is 5.48. The van der Waals surface area contributed by atoms with Crippen LogP contribution in [0, 0.1) is 17.1 Å². The fourth-order valence-electron chi connectivity index (χ4n) is 1.53. The summed E-state index contributed by atoms with van der Waals surface area (Å²) >= 11 is 0. The van der Waals surface area contributed by atoms with Crippen molar-refractivity contribution < 1.29 is 17.6 Å². The Bertz CT molecular complexity index is 721. The summed E-state index contributed by atoms with van der Waals surface area (Å²) in [6.45, 7) is 0. The minimum absolute atomic E-state index is 0.0826. The molecule has 1 aromatic heterocycles. The van der Waals surface area contributed by atoms with Gasteiger partial charge in [-0.2, -0.15) is 23.4 Å². The standard InChI is InChI=1S/C12H7F4N5/c13-7-1-2-8(6(3-7)5-17)19-10-4-9(12(14,15)16)20-11(18)21-10/h1-4H,(H3,18,19,20,21). The first kappa shape index (κ1) is 14.5. The van der Waals surface area contributed by atoms with Gasteiger partial charge in [-0.25, -0.2) is 9.37 Å². The summed E-state index contributed by atoms with van der Waals surface area (Å²) in [5.41, 5.74) is 4.01. The van der Waals surface area contributed by atoms with Gasteiger partial charge in [-0.15, -0.1) is 0 Å². The molecule has 1 heterocycles. The lowest BCUT2D eigenvalue weighted by atomic mass is 10.2. The van der Waals surface area contributed by atoms with Crippen LogP contribution >= 0.6 is 0 Å². The van der Waals surface area contributed by atoms with Crippen molar-refractivity contribution in [3.63, 3.8) is 0 Å². The molecule has 1 aromatic carbocycles. The summed E-state index contributed by atoms with van der Waals surface area (Å²) in [5.74, 6) is -1.47. The molecule has 0 radical (unpaired) electrons. The molecule has 108 valence electrons. The number of nitrogens with zero attached hydrogens (tertiary/aromatic N) is 3. The number of aromatic nitrogens is 2. The van der Waals surface area contributed by atoms with Crippen LogP contribution in [0.3, 0.4) is 0 Å². The molecule has 0 saturated carbocycles. The van der Waals surface area contributed by atoms with Crippen LogP contribution in [0.15, 0.2) is 24.3 Å². The Hall–Kier alpha value is -2.89. The first-order valence-corrected chi connectivity index (χ1v) is 5.48. The maximum atomic E-state index is 13.0. The molecule has 0 amide bonds. The van der Waals surface area contributed by atoms with Crippen LogP contribution in [-0.2, 0) is 6.18 Å². The Morgan fingerprint density at radius 2 is 1.90 bits per heavy atom. The molecule has 5 nitrogen and oxygen atoms in total. The molecule has 0 bridgehead atoms. The van der Waals surface area contributed by atoms with Crippen molar-refractivity contribution in [2.75, 3.05) is 11.1 Å². The predicted molar refractivity (Wildman–Crippen MR) is 65.8 cm³/mol. The second kappa shape index (κ2) is 5.24. The van der Waals surface area contributed by atoms with E-state index in [-0.39, 0.29) is 17.1 Å².